The number of thiazole rings is 1. The maximum atomic E-state index is 12.8. The van der Waals surface area contributed by atoms with Crippen molar-refractivity contribution in [2.24, 2.45) is 5.10 Å². The number of hydrazone groups is 1. The van der Waals surface area contributed by atoms with Crippen LogP contribution in [-0.4, -0.2) is 22.7 Å². The summed E-state index contributed by atoms with van der Waals surface area (Å²) in [5, 5.41) is 8.73. The second-order valence-corrected chi connectivity index (χ2v) is 8.90. The van der Waals surface area contributed by atoms with Crippen molar-refractivity contribution in [3.05, 3.63) is 45.4 Å². The summed E-state index contributed by atoms with van der Waals surface area (Å²) in [6.45, 7) is 9.38. The number of aromatic nitrogens is 1. The van der Waals surface area contributed by atoms with E-state index < -0.39 is 6.10 Å². The molecule has 0 spiro atoms. The molecule has 1 amide bonds. The summed E-state index contributed by atoms with van der Waals surface area (Å²) < 4.78 is 6.71. The zero-order chi connectivity index (χ0) is 22.0. The van der Waals surface area contributed by atoms with Gasteiger partial charge in [0, 0.05) is 16.4 Å². The Labute approximate surface area is 189 Å². The van der Waals surface area contributed by atoms with E-state index in [2.05, 4.69) is 20.8 Å². The first-order valence-electron chi connectivity index (χ1n) is 9.26. The fourth-order valence-corrected chi connectivity index (χ4v) is 4.17. The fraction of sp³-hybridized carbons (Fsp3) is 0.286. The van der Waals surface area contributed by atoms with Gasteiger partial charge >= 0.3 is 0 Å². The van der Waals surface area contributed by atoms with E-state index in [1.165, 1.54) is 11.3 Å². The van der Waals surface area contributed by atoms with Gasteiger partial charge in [-0.15, -0.1) is 0 Å². The minimum absolute atomic E-state index is 0.277. The molecule has 6 nitrogen and oxygen atoms in total. The van der Waals surface area contributed by atoms with Crippen LogP contribution in [0.5, 0.6) is 5.75 Å². The summed E-state index contributed by atoms with van der Waals surface area (Å²) in [6, 6.07) is 6.83. The molecule has 0 saturated carbocycles. The second-order valence-electron chi connectivity index (χ2n) is 7.06. The highest BCUT2D eigenvalue weighted by molar-refractivity contribution is 7.22. The van der Waals surface area contributed by atoms with Crippen molar-refractivity contribution in [3.63, 3.8) is 0 Å². The van der Waals surface area contributed by atoms with E-state index in [9.17, 15) is 4.79 Å². The molecule has 0 fully saturated rings. The maximum absolute atomic E-state index is 12.8. The largest absolute Gasteiger partial charge is 0.479 e. The molecule has 30 heavy (non-hydrogen) atoms. The van der Waals surface area contributed by atoms with Gasteiger partial charge in [0.25, 0.3) is 5.91 Å². The van der Waals surface area contributed by atoms with E-state index in [1.807, 2.05) is 33.8 Å². The number of nitrogens with one attached hydrogen (secondary N) is 2. The smallest absolute Gasteiger partial charge is 0.265 e. The number of halogens is 2. The van der Waals surface area contributed by atoms with Crippen LogP contribution in [0.25, 0.3) is 10.2 Å². The number of benzene rings is 2. The highest BCUT2D eigenvalue weighted by Crippen LogP contribution is 2.35. The average molecular weight is 465 g/mol. The van der Waals surface area contributed by atoms with Crippen LogP contribution in [0.1, 0.15) is 31.9 Å². The van der Waals surface area contributed by atoms with Crippen molar-refractivity contribution in [1.82, 2.24) is 4.98 Å². The molecule has 0 bridgehead atoms. The molecule has 158 valence electrons. The molecule has 0 aliphatic rings. The molecule has 3 rings (SSSR count). The number of aryl methyl sites for hydroxylation is 2. The molecule has 1 heterocycles. The molecule has 0 aliphatic heterocycles. The minimum Gasteiger partial charge on any atom is -0.479 e. The summed E-state index contributed by atoms with van der Waals surface area (Å²) in [4.78, 5) is 17.3. The molecule has 3 aromatic rings. The van der Waals surface area contributed by atoms with E-state index in [4.69, 9.17) is 27.9 Å². The molecule has 2 aromatic carbocycles. The number of amides is 1. The Balaban J connectivity index is 1.81. The molecule has 0 aliphatic carbocycles. The Morgan fingerprint density at radius 2 is 1.97 bits per heavy atom. The first-order valence-corrected chi connectivity index (χ1v) is 10.8. The zero-order valence-electron chi connectivity index (χ0n) is 17.3. The molecule has 0 radical (unpaired) electrons. The lowest BCUT2D eigenvalue weighted by molar-refractivity contribution is -0.122. The molecule has 2 N–H and O–H groups in total. The Morgan fingerprint density at radius 3 is 2.63 bits per heavy atom. The summed E-state index contributed by atoms with van der Waals surface area (Å²) in [7, 11) is 0. The van der Waals surface area contributed by atoms with Gasteiger partial charge in [-0.2, -0.15) is 5.10 Å². The number of hydrogen-bond acceptors (Lipinski definition) is 6. The van der Waals surface area contributed by atoms with Gasteiger partial charge in [0.05, 0.1) is 15.2 Å². The van der Waals surface area contributed by atoms with Gasteiger partial charge in [0.15, 0.2) is 6.10 Å². The highest BCUT2D eigenvalue weighted by atomic mass is 35.5. The van der Waals surface area contributed by atoms with E-state index in [1.54, 1.807) is 25.1 Å². The van der Waals surface area contributed by atoms with Crippen molar-refractivity contribution in [2.75, 3.05) is 10.7 Å². The van der Waals surface area contributed by atoms with Crippen LogP contribution in [-0.2, 0) is 4.79 Å². The lowest BCUT2D eigenvalue weighted by Crippen LogP contribution is -2.30. The van der Waals surface area contributed by atoms with Crippen molar-refractivity contribution < 1.29 is 9.53 Å². The third kappa shape index (κ3) is 5.03. The van der Waals surface area contributed by atoms with Crippen LogP contribution in [0, 0.1) is 13.8 Å². The molecule has 9 heteroatoms. The quantitative estimate of drug-likeness (QED) is 0.325. The predicted octanol–water partition coefficient (Wildman–Crippen LogP) is 6.43. The number of carbonyl (C=O) groups is 1. The van der Waals surface area contributed by atoms with Crippen LogP contribution in [0.15, 0.2) is 29.4 Å². The lowest BCUT2D eigenvalue weighted by atomic mass is 10.1. The number of rotatable bonds is 6. The number of carbonyl (C=O) groups excluding carboxylic acids is 1. The minimum atomic E-state index is -0.751. The van der Waals surface area contributed by atoms with Crippen LogP contribution in [0.3, 0.4) is 0 Å². The summed E-state index contributed by atoms with van der Waals surface area (Å²) in [5.74, 6) is 0.123. The summed E-state index contributed by atoms with van der Waals surface area (Å²) in [6.07, 6.45) is -0.751. The normalized spacial score (nSPS) is 11.8. The Morgan fingerprint density at radius 1 is 1.23 bits per heavy atom. The van der Waals surface area contributed by atoms with Gasteiger partial charge in [-0.05, 0) is 70.0 Å². The number of fused-ring (bicyclic) bond motifs is 1. The van der Waals surface area contributed by atoms with Gasteiger partial charge in [-0.3, -0.25) is 10.2 Å². The van der Waals surface area contributed by atoms with E-state index in [-0.39, 0.29) is 5.91 Å². The molecule has 1 aromatic heterocycles. The summed E-state index contributed by atoms with van der Waals surface area (Å²) in [5.41, 5.74) is 7.33. The van der Waals surface area contributed by atoms with Crippen LogP contribution in [0.2, 0.25) is 10.0 Å². The van der Waals surface area contributed by atoms with Gasteiger partial charge in [0.2, 0.25) is 5.13 Å². The van der Waals surface area contributed by atoms with E-state index in [0.29, 0.717) is 20.9 Å². The van der Waals surface area contributed by atoms with Gasteiger partial charge < -0.3 is 10.1 Å². The third-order valence-corrected chi connectivity index (χ3v) is 5.93. The van der Waals surface area contributed by atoms with E-state index in [0.717, 1.165) is 32.7 Å². The van der Waals surface area contributed by atoms with Gasteiger partial charge in [0.1, 0.15) is 5.75 Å². The van der Waals surface area contributed by atoms with E-state index >= 15 is 0 Å². The van der Waals surface area contributed by atoms with Crippen LogP contribution >= 0.6 is 34.5 Å². The Bertz CT molecular complexity index is 1140. The molecule has 1 unspecified atom stereocenters. The third-order valence-electron chi connectivity index (χ3n) is 4.31. The molecule has 0 saturated heterocycles. The second kappa shape index (κ2) is 9.20. The summed E-state index contributed by atoms with van der Waals surface area (Å²) >= 11 is 13.5. The number of hydrogen-bond donors (Lipinski definition) is 2. The zero-order valence-corrected chi connectivity index (χ0v) is 19.6. The SMILES string of the molecule is CC(C)=NNc1nc2cc(C)c(NC(=O)C(C)Oc3ccc(Cl)cc3Cl)c(C)c2s1. The van der Waals surface area contributed by atoms with Crippen molar-refractivity contribution in [3.8, 4) is 5.75 Å². The monoisotopic (exact) mass is 464 g/mol. The van der Waals surface area contributed by atoms with Crippen LogP contribution < -0.4 is 15.5 Å². The predicted molar refractivity (Wildman–Crippen MR) is 127 cm³/mol. The molecular weight excluding hydrogens is 443 g/mol. The maximum Gasteiger partial charge on any atom is 0.265 e. The van der Waals surface area contributed by atoms with Crippen molar-refractivity contribution in [1.29, 1.82) is 0 Å². The van der Waals surface area contributed by atoms with Crippen molar-refractivity contribution in [2.45, 2.75) is 40.7 Å². The van der Waals surface area contributed by atoms with Gasteiger partial charge in [-0.1, -0.05) is 34.5 Å². The highest BCUT2D eigenvalue weighted by Gasteiger charge is 2.20. The Kier molecular flexibility index (Phi) is 6.85. The first kappa shape index (κ1) is 22.3. The van der Waals surface area contributed by atoms with Crippen LogP contribution in [0.4, 0.5) is 10.8 Å². The lowest BCUT2D eigenvalue weighted by Gasteiger charge is -2.18. The number of ether oxygens (including phenoxy) is 1. The average Bonchev–Trinajstić information content (AvgIpc) is 3.08. The molecular formula is C21H22Cl2N4O2S. The first-order chi connectivity index (χ1) is 14.2. The fourth-order valence-electron chi connectivity index (χ4n) is 2.82. The van der Waals surface area contributed by atoms with Gasteiger partial charge in [-0.25, -0.2) is 4.98 Å². The van der Waals surface area contributed by atoms with Crippen molar-refractivity contribution >= 4 is 67.2 Å². The molecule has 1 atom stereocenters. The number of nitrogens with zero attached hydrogens (tertiary/aromatic N) is 2. The standard InChI is InChI=1S/C21H22Cl2N4O2S/c1-10(2)26-27-21-24-16-8-11(3)18(12(4)19(16)30-21)25-20(28)13(5)29-17-7-6-14(22)9-15(17)23/h6-9,13H,1-5H3,(H,24,27)(H,25,28). The topological polar surface area (TPSA) is 75.6 Å². The Hall–Kier alpha value is -2.35. The number of anilines is 2.